The van der Waals surface area contributed by atoms with Crippen molar-refractivity contribution in [2.45, 2.75) is 0 Å². The molecule has 0 unspecified atom stereocenters. The highest BCUT2D eigenvalue weighted by atomic mass is 15.2. The van der Waals surface area contributed by atoms with Crippen LogP contribution in [0.5, 0.6) is 0 Å². The molecule has 19 rings (SSSR count). The Labute approximate surface area is 579 Å². The molecular formula is C90H58BN9. The van der Waals surface area contributed by atoms with E-state index in [-0.39, 0.29) is 6.71 Å². The average Bonchev–Trinajstić information content (AvgIpc) is 0.834. The molecule has 0 fully saturated rings. The Morgan fingerprint density at radius 2 is 0.530 bits per heavy atom. The fourth-order valence-corrected chi connectivity index (χ4v) is 14.8. The summed E-state index contributed by atoms with van der Waals surface area (Å²) in [5.41, 5.74) is 25.1. The zero-order valence-corrected chi connectivity index (χ0v) is 54.1. The SMILES string of the molecule is c1ccc(-c2ccc3c(c2)c2cc(-c4ccccc4)ccc2n3-c2ccc(-c3nc(-c4ccccc4)nc(-c4ccccc4)n3)cc2-c2nc(-c3ccccc3)nc(-c3ccc(-c4cc5c6c(c4)N(c4ccccc4)c4ccccc4B6c4ccccc4N5c4ccccc4)cc3)n2)cc1. The molecule has 0 saturated carbocycles. The van der Waals surface area contributed by atoms with Crippen molar-refractivity contribution < 1.29 is 0 Å². The molecular weight excluding hydrogens is 1220 g/mol. The Balaban J connectivity index is 0.820. The molecule has 466 valence electrons. The number of benzene rings is 14. The number of aromatic nitrogens is 7. The van der Waals surface area contributed by atoms with E-state index in [9.17, 15) is 0 Å². The minimum atomic E-state index is -0.00231. The normalized spacial score (nSPS) is 12.1. The van der Waals surface area contributed by atoms with E-state index in [0.29, 0.717) is 34.9 Å². The van der Waals surface area contributed by atoms with Gasteiger partial charge in [0, 0.05) is 78.3 Å². The molecule has 0 saturated heterocycles. The molecule has 0 radical (unpaired) electrons. The maximum Gasteiger partial charge on any atom is 0.252 e. The van der Waals surface area contributed by atoms with Gasteiger partial charge in [-0.1, -0.05) is 261 Å². The monoisotopic (exact) mass is 1280 g/mol. The highest BCUT2D eigenvalue weighted by Gasteiger charge is 2.43. The third-order valence-corrected chi connectivity index (χ3v) is 19.5. The van der Waals surface area contributed by atoms with Crippen molar-refractivity contribution >= 4 is 79.0 Å². The fourth-order valence-electron chi connectivity index (χ4n) is 14.8. The molecule has 2 aliphatic rings. The lowest BCUT2D eigenvalue weighted by atomic mass is 9.33. The van der Waals surface area contributed by atoms with E-state index in [2.05, 4.69) is 287 Å². The number of para-hydroxylation sites is 4. The number of hydrogen-bond acceptors (Lipinski definition) is 8. The minimum absolute atomic E-state index is 0.00231. The average molecular weight is 1280 g/mol. The third kappa shape index (κ3) is 10.1. The number of rotatable bonds is 12. The molecule has 5 heterocycles. The van der Waals surface area contributed by atoms with Gasteiger partial charge in [0.2, 0.25) is 0 Å². The number of hydrogen-bond donors (Lipinski definition) is 0. The lowest BCUT2D eigenvalue weighted by Crippen LogP contribution is -2.61. The van der Waals surface area contributed by atoms with Crippen molar-refractivity contribution in [2.24, 2.45) is 0 Å². The lowest BCUT2D eigenvalue weighted by Gasteiger charge is -2.44. The predicted octanol–water partition coefficient (Wildman–Crippen LogP) is 20.2. The molecule has 0 N–H and O–H groups in total. The van der Waals surface area contributed by atoms with Gasteiger partial charge in [-0.3, -0.25) is 0 Å². The van der Waals surface area contributed by atoms with Crippen LogP contribution in [0.25, 0.3) is 129 Å². The van der Waals surface area contributed by atoms with Crippen molar-refractivity contribution in [3.05, 3.63) is 352 Å². The zero-order valence-electron chi connectivity index (χ0n) is 54.1. The van der Waals surface area contributed by atoms with E-state index >= 15 is 0 Å². The van der Waals surface area contributed by atoms with E-state index in [1.165, 1.54) is 16.4 Å². The second kappa shape index (κ2) is 24.3. The molecule has 9 nitrogen and oxygen atoms in total. The van der Waals surface area contributed by atoms with Crippen LogP contribution >= 0.6 is 0 Å². The summed E-state index contributed by atoms with van der Waals surface area (Å²) < 4.78 is 2.37. The Morgan fingerprint density at radius 3 is 0.960 bits per heavy atom. The van der Waals surface area contributed by atoms with Crippen LogP contribution in [-0.2, 0) is 0 Å². The third-order valence-electron chi connectivity index (χ3n) is 19.5. The molecule has 100 heavy (non-hydrogen) atoms. The Bertz CT molecular complexity index is 5690. The molecule has 0 atom stereocenters. The molecule has 10 heteroatoms. The highest BCUT2D eigenvalue weighted by molar-refractivity contribution is 7.00. The van der Waals surface area contributed by atoms with E-state index in [1.54, 1.807) is 0 Å². The highest BCUT2D eigenvalue weighted by Crippen LogP contribution is 2.47. The topological polar surface area (TPSA) is 88.7 Å². The first-order chi connectivity index (χ1) is 49.6. The van der Waals surface area contributed by atoms with Crippen molar-refractivity contribution in [1.29, 1.82) is 0 Å². The fraction of sp³-hybridized carbons (Fsp3) is 0. The molecule has 0 bridgehead atoms. The van der Waals surface area contributed by atoms with Crippen LogP contribution in [0.15, 0.2) is 352 Å². The second-order valence-electron chi connectivity index (χ2n) is 25.4. The van der Waals surface area contributed by atoms with Crippen molar-refractivity contribution in [3.63, 3.8) is 0 Å². The van der Waals surface area contributed by atoms with E-state index in [0.717, 1.165) is 128 Å². The summed E-state index contributed by atoms with van der Waals surface area (Å²) in [5, 5.41) is 2.22. The van der Waals surface area contributed by atoms with Crippen LogP contribution in [0.3, 0.4) is 0 Å². The predicted molar refractivity (Wildman–Crippen MR) is 410 cm³/mol. The molecule has 0 spiro atoms. The van der Waals surface area contributed by atoms with Crippen LogP contribution < -0.4 is 26.2 Å². The molecule has 0 amide bonds. The van der Waals surface area contributed by atoms with Crippen molar-refractivity contribution in [3.8, 4) is 107 Å². The summed E-state index contributed by atoms with van der Waals surface area (Å²) in [6.07, 6.45) is 0. The smallest absolute Gasteiger partial charge is 0.252 e. The second-order valence-corrected chi connectivity index (χ2v) is 25.4. The van der Waals surface area contributed by atoms with Gasteiger partial charge in [-0.2, -0.15) is 0 Å². The van der Waals surface area contributed by atoms with Gasteiger partial charge in [-0.05, 0) is 141 Å². The summed E-state index contributed by atoms with van der Waals surface area (Å²) in [5.74, 6) is 3.17. The number of anilines is 6. The van der Waals surface area contributed by atoms with Crippen molar-refractivity contribution in [1.82, 2.24) is 34.5 Å². The maximum absolute atomic E-state index is 5.63. The van der Waals surface area contributed by atoms with Gasteiger partial charge < -0.3 is 14.4 Å². The molecule has 2 aliphatic heterocycles. The quantitative estimate of drug-likeness (QED) is 0.112. The first kappa shape index (κ1) is 58.0. The summed E-state index contributed by atoms with van der Waals surface area (Å²) in [7, 11) is 0. The summed E-state index contributed by atoms with van der Waals surface area (Å²) in [4.78, 5) is 37.1. The van der Waals surface area contributed by atoms with Gasteiger partial charge in [-0.15, -0.1) is 0 Å². The van der Waals surface area contributed by atoms with Crippen LogP contribution in [-0.4, -0.2) is 41.2 Å². The first-order valence-corrected chi connectivity index (χ1v) is 33.8. The standard InChI is InChI=1S/C90H58BN9/c1-8-26-59(27-9-1)66-48-51-77-72(54-66)73-55-67(60-28-10-2-11-29-60)49-52-78(73)100(77)79-53-50-68(89-94-85(62-30-12-3-13-31-62)92-86(95-89)63-32-14-4-15-33-63)56-74(79)90-96-87(64-34-16-5-17-35-64)93-88(97-90)65-46-44-61(45-47-65)69-57-82-84-83(58-69)99(71-38-20-7-21-39-71)81-43-25-23-41-76(81)91(84)75-40-22-24-42-80(75)98(82)70-36-18-6-19-37-70/h1-58H. The van der Waals surface area contributed by atoms with E-state index in [4.69, 9.17) is 29.9 Å². The van der Waals surface area contributed by atoms with Crippen LogP contribution in [0, 0.1) is 0 Å². The summed E-state index contributed by atoms with van der Waals surface area (Å²) in [6.45, 7) is -0.00231. The minimum Gasteiger partial charge on any atom is -0.311 e. The molecule has 0 aliphatic carbocycles. The maximum atomic E-state index is 5.63. The Morgan fingerprint density at radius 1 is 0.210 bits per heavy atom. The first-order valence-electron chi connectivity index (χ1n) is 33.8. The van der Waals surface area contributed by atoms with Crippen LogP contribution in [0.2, 0.25) is 0 Å². The van der Waals surface area contributed by atoms with Gasteiger partial charge in [0.15, 0.2) is 34.9 Å². The zero-order chi connectivity index (χ0) is 66.0. The van der Waals surface area contributed by atoms with Gasteiger partial charge >= 0.3 is 0 Å². The van der Waals surface area contributed by atoms with Gasteiger partial charge in [0.1, 0.15) is 0 Å². The molecule has 14 aromatic carbocycles. The van der Waals surface area contributed by atoms with Gasteiger partial charge in [0.25, 0.3) is 6.71 Å². The Hall–Kier alpha value is -13.4. The number of fused-ring (bicyclic) bond motifs is 7. The summed E-state index contributed by atoms with van der Waals surface area (Å²) in [6, 6.07) is 125. The number of nitrogens with zero attached hydrogens (tertiary/aromatic N) is 9. The largest absolute Gasteiger partial charge is 0.311 e. The van der Waals surface area contributed by atoms with Crippen LogP contribution in [0.4, 0.5) is 34.1 Å². The summed E-state index contributed by atoms with van der Waals surface area (Å²) >= 11 is 0. The van der Waals surface area contributed by atoms with Gasteiger partial charge in [0.05, 0.1) is 16.7 Å². The van der Waals surface area contributed by atoms with Crippen molar-refractivity contribution in [2.75, 3.05) is 9.80 Å². The van der Waals surface area contributed by atoms with E-state index in [1.807, 2.05) is 78.9 Å². The van der Waals surface area contributed by atoms with E-state index < -0.39 is 0 Å². The van der Waals surface area contributed by atoms with Gasteiger partial charge in [-0.25, -0.2) is 29.9 Å². The lowest BCUT2D eigenvalue weighted by molar-refractivity contribution is 1.06. The van der Waals surface area contributed by atoms with Crippen LogP contribution in [0.1, 0.15) is 0 Å². The Kier molecular flexibility index (Phi) is 14.1. The molecule has 17 aromatic rings. The molecule has 3 aromatic heterocycles.